The fourth-order valence-electron chi connectivity index (χ4n) is 4.30. The number of nitrogens with one attached hydrogen (secondary N) is 4. The number of benzene rings is 2. The number of hydrogen-bond donors (Lipinski definition) is 4. The Balaban J connectivity index is 1.25. The van der Waals surface area contributed by atoms with E-state index in [-0.39, 0.29) is 11.9 Å². The molecule has 0 bridgehead atoms. The van der Waals surface area contributed by atoms with E-state index in [0.29, 0.717) is 6.04 Å². The molecule has 30 heavy (non-hydrogen) atoms. The predicted molar refractivity (Wildman–Crippen MR) is 119 cm³/mol. The van der Waals surface area contributed by atoms with Crippen LogP contribution >= 0.6 is 0 Å². The van der Waals surface area contributed by atoms with Crippen molar-refractivity contribution in [1.82, 2.24) is 20.6 Å². The van der Waals surface area contributed by atoms with Gasteiger partial charge in [0.05, 0.1) is 24.0 Å². The molecular weight excluding hydrogens is 374 g/mol. The molecule has 4 N–H and O–H groups in total. The smallest absolute Gasteiger partial charge is 0.241 e. The average Bonchev–Trinajstić information content (AvgIpc) is 3.57. The topological polar surface area (TPSA) is 81.8 Å². The molecule has 1 aromatic heterocycles. The fraction of sp³-hybridized carbons (Fsp3) is 0.333. The van der Waals surface area contributed by atoms with Crippen molar-refractivity contribution in [2.75, 3.05) is 18.4 Å². The van der Waals surface area contributed by atoms with Gasteiger partial charge in [0.15, 0.2) is 0 Å². The van der Waals surface area contributed by atoms with Crippen LogP contribution in [0.1, 0.15) is 37.5 Å². The maximum absolute atomic E-state index is 12.2. The lowest BCUT2D eigenvalue weighted by molar-refractivity contribution is -0.117. The van der Waals surface area contributed by atoms with Crippen molar-refractivity contribution in [2.24, 2.45) is 0 Å². The van der Waals surface area contributed by atoms with E-state index in [4.69, 9.17) is 0 Å². The third kappa shape index (κ3) is 4.01. The van der Waals surface area contributed by atoms with E-state index in [1.807, 2.05) is 30.5 Å². The number of rotatable bonds is 5. The Bertz CT molecular complexity index is 997. The summed E-state index contributed by atoms with van der Waals surface area (Å²) in [4.78, 5) is 20.3. The van der Waals surface area contributed by atoms with E-state index >= 15 is 0 Å². The quantitative estimate of drug-likeness (QED) is 0.523. The molecule has 0 saturated carbocycles. The normalized spacial score (nSPS) is 21.1. The van der Waals surface area contributed by atoms with Crippen LogP contribution in [0.3, 0.4) is 0 Å². The van der Waals surface area contributed by atoms with Crippen molar-refractivity contribution in [3.05, 3.63) is 60.6 Å². The van der Waals surface area contributed by atoms with Crippen LogP contribution < -0.4 is 16.0 Å². The van der Waals surface area contributed by atoms with E-state index in [9.17, 15) is 4.79 Å². The highest BCUT2D eigenvalue weighted by Gasteiger charge is 2.22. The van der Waals surface area contributed by atoms with Crippen LogP contribution in [-0.2, 0) is 4.79 Å². The van der Waals surface area contributed by atoms with Crippen molar-refractivity contribution in [3.8, 4) is 22.4 Å². The molecule has 2 atom stereocenters. The molecule has 154 valence electrons. The van der Waals surface area contributed by atoms with Gasteiger partial charge in [-0.05, 0) is 67.6 Å². The summed E-state index contributed by atoms with van der Waals surface area (Å²) in [7, 11) is 0. The first kappa shape index (κ1) is 19.0. The van der Waals surface area contributed by atoms with Crippen LogP contribution in [0, 0.1) is 0 Å². The molecule has 2 saturated heterocycles. The highest BCUT2D eigenvalue weighted by Crippen LogP contribution is 2.27. The van der Waals surface area contributed by atoms with Gasteiger partial charge in [0, 0.05) is 5.69 Å². The van der Waals surface area contributed by atoms with Gasteiger partial charge in [0.2, 0.25) is 5.91 Å². The van der Waals surface area contributed by atoms with Gasteiger partial charge >= 0.3 is 0 Å². The van der Waals surface area contributed by atoms with E-state index in [1.165, 1.54) is 6.42 Å². The number of anilines is 1. The van der Waals surface area contributed by atoms with Gasteiger partial charge in [-0.2, -0.15) is 0 Å². The Morgan fingerprint density at radius 1 is 0.867 bits per heavy atom. The summed E-state index contributed by atoms with van der Waals surface area (Å²) in [6, 6.07) is 16.8. The summed E-state index contributed by atoms with van der Waals surface area (Å²) in [5.41, 5.74) is 5.28. The van der Waals surface area contributed by atoms with Crippen LogP contribution in [0.4, 0.5) is 5.69 Å². The fourth-order valence-corrected chi connectivity index (χ4v) is 4.30. The Labute approximate surface area is 176 Å². The van der Waals surface area contributed by atoms with Gasteiger partial charge in [0.25, 0.3) is 0 Å². The first-order chi connectivity index (χ1) is 14.8. The number of nitrogens with zero attached hydrogens (tertiary/aromatic N) is 1. The number of aromatic nitrogens is 2. The van der Waals surface area contributed by atoms with Crippen LogP contribution in [0.25, 0.3) is 22.4 Å². The Hall–Kier alpha value is -2.96. The predicted octanol–water partition coefficient (Wildman–Crippen LogP) is 3.86. The molecule has 2 aromatic carbocycles. The lowest BCUT2D eigenvalue weighted by Gasteiger charge is -2.11. The molecule has 2 fully saturated rings. The van der Waals surface area contributed by atoms with Crippen molar-refractivity contribution in [2.45, 2.75) is 37.8 Å². The number of hydrogen-bond acceptors (Lipinski definition) is 4. The summed E-state index contributed by atoms with van der Waals surface area (Å²) < 4.78 is 0. The molecule has 3 aromatic rings. The maximum atomic E-state index is 12.2. The third-order valence-corrected chi connectivity index (χ3v) is 6.04. The third-order valence-electron chi connectivity index (χ3n) is 6.04. The highest BCUT2D eigenvalue weighted by molar-refractivity contribution is 5.95. The molecular formula is C24H27N5O. The molecule has 2 aliphatic rings. The van der Waals surface area contributed by atoms with E-state index in [2.05, 4.69) is 50.2 Å². The minimum atomic E-state index is -0.0651. The second kappa shape index (κ2) is 8.42. The highest BCUT2D eigenvalue weighted by atomic mass is 16.2. The SMILES string of the molecule is O=C(Nc1ccc(-c2ccc(-c3cnc([C@@H]4CCCN4)[nH]3)cc2)cc1)[C@@H]1CCCN1. The molecule has 3 heterocycles. The summed E-state index contributed by atoms with van der Waals surface area (Å²) in [6.07, 6.45) is 6.23. The summed E-state index contributed by atoms with van der Waals surface area (Å²) in [6.45, 7) is 1.99. The van der Waals surface area contributed by atoms with Gasteiger partial charge in [-0.1, -0.05) is 36.4 Å². The number of H-pyrrole nitrogens is 1. The molecule has 5 rings (SSSR count). The van der Waals surface area contributed by atoms with Gasteiger partial charge in [0.1, 0.15) is 5.82 Å². The first-order valence-corrected chi connectivity index (χ1v) is 10.8. The molecule has 0 unspecified atom stereocenters. The van der Waals surface area contributed by atoms with Gasteiger partial charge in [-0.25, -0.2) is 4.98 Å². The zero-order valence-electron chi connectivity index (χ0n) is 16.9. The number of amides is 1. The number of carbonyl (C=O) groups is 1. The second-order valence-electron chi connectivity index (χ2n) is 8.12. The summed E-state index contributed by atoms with van der Waals surface area (Å²) >= 11 is 0. The lowest BCUT2D eigenvalue weighted by Crippen LogP contribution is -2.35. The summed E-state index contributed by atoms with van der Waals surface area (Å²) in [5, 5.41) is 9.70. The van der Waals surface area contributed by atoms with Crippen molar-refractivity contribution >= 4 is 11.6 Å². The van der Waals surface area contributed by atoms with E-state index in [0.717, 1.165) is 66.2 Å². The summed E-state index contributed by atoms with van der Waals surface area (Å²) in [5.74, 6) is 1.08. The molecule has 0 aliphatic carbocycles. The maximum Gasteiger partial charge on any atom is 0.241 e. The van der Waals surface area contributed by atoms with E-state index in [1.54, 1.807) is 0 Å². The number of carbonyl (C=O) groups excluding carboxylic acids is 1. The molecule has 6 nitrogen and oxygen atoms in total. The first-order valence-electron chi connectivity index (χ1n) is 10.8. The average molecular weight is 402 g/mol. The Kier molecular flexibility index (Phi) is 5.34. The zero-order valence-corrected chi connectivity index (χ0v) is 16.9. The van der Waals surface area contributed by atoms with Crippen LogP contribution in [0.15, 0.2) is 54.7 Å². The van der Waals surface area contributed by atoms with Gasteiger partial charge < -0.3 is 20.9 Å². The second-order valence-corrected chi connectivity index (χ2v) is 8.12. The minimum absolute atomic E-state index is 0.0522. The standard InChI is InChI=1S/C24H27N5O/c30-24(21-4-2-14-26-21)28-19-11-9-17(10-12-19)16-5-7-18(8-6-16)22-15-27-23(29-22)20-3-1-13-25-20/h5-12,15,20-21,25-26H,1-4,13-14H2,(H,27,29)(H,28,30)/t20-,21-/m0/s1. The van der Waals surface area contributed by atoms with Gasteiger partial charge in [-0.15, -0.1) is 0 Å². The zero-order chi connectivity index (χ0) is 20.3. The molecule has 6 heteroatoms. The lowest BCUT2D eigenvalue weighted by atomic mass is 10.0. The van der Waals surface area contributed by atoms with Crippen molar-refractivity contribution in [3.63, 3.8) is 0 Å². The molecule has 0 spiro atoms. The van der Waals surface area contributed by atoms with Crippen LogP contribution in [-0.4, -0.2) is 35.0 Å². The van der Waals surface area contributed by atoms with Gasteiger partial charge in [-0.3, -0.25) is 4.79 Å². The monoisotopic (exact) mass is 401 g/mol. The van der Waals surface area contributed by atoms with Crippen LogP contribution in [0.5, 0.6) is 0 Å². The van der Waals surface area contributed by atoms with Crippen molar-refractivity contribution < 1.29 is 4.79 Å². The van der Waals surface area contributed by atoms with Crippen LogP contribution in [0.2, 0.25) is 0 Å². The number of imidazole rings is 1. The minimum Gasteiger partial charge on any atom is -0.341 e. The number of aromatic amines is 1. The molecule has 2 aliphatic heterocycles. The Morgan fingerprint density at radius 2 is 1.53 bits per heavy atom. The molecule has 0 radical (unpaired) electrons. The largest absolute Gasteiger partial charge is 0.341 e. The van der Waals surface area contributed by atoms with Crippen molar-refractivity contribution in [1.29, 1.82) is 0 Å². The van der Waals surface area contributed by atoms with E-state index < -0.39 is 0 Å². The molecule has 1 amide bonds. The Morgan fingerprint density at radius 3 is 2.20 bits per heavy atom.